The Labute approximate surface area is 119 Å². The molecule has 0 amide bonds. The van der Waals surface area contributed by atoms with Crippen molar-refractivity contribution in [3.63, 3.8) is 0 Å². The molecule has 0 saturated carbocycles. The number of esters is 1. The Balaban J connectivity index is 1.99. The van der Waals surface area contributed by atoms with Gasteiger partial charge in [0.25, 0.3) is 0 Å². The largest absolute Gasteiger partial charge is 0.466 e. The molecule has 0 unspecified atom stereocenters. The minimum absolute atomic E-state index is 0.142. The number of hydrogen-bond acceptors (Lipinski definition) is 3. The molecule has 0 bridgehead atoms. The summed E-state index contributed by atoms with van der Waals surface area (Å²) in [7, 11) is 0. The first-order valence-electron chi connectivity index (χ1n) is 6.86. The van der Waals surface area contributed by atoms with Crippen LogP contribution in [-0.4, -0.2) is 17.6 Å². The molecule has 0 atom stereocenters. The molecule has 0 saturated heterocycles. The molecule has 0 radical (unpaired) electrons. The van der Waals surface area contributed by atoms with Gasteiger partial charge >= 0.3 is 5.97 Å². The van der Waals surface area contributed by atoms with E-state index in [1.54, 1.807) is 0 Å². The summed E-state index contributed by atoms with van der Waals surface area (Å²) in [6.45, 7) is 4.29. The van der Waals surface area contributed by atoms with E-state index >= 15 is 0 Å². The molecule has 0 aliphatic carbocycles. The van der Waals surface area contributed by atoms with Crippen LogP contribution in [0.5, 0.6) is 0 Å². The highest BCUT2D eigenvalue weighted by atomic mass is 16.5. The second kappa shape index (κ2) is 6.85. The number of nitrogens with zero attached hydrogens (tertiary/aromatic N) is 1. The van der Waals surface area contributed by atoms with Gasteiger partial charge in [-0.1, -0.05) is 30.3 Å². The minimum Gasteiger partial charge on any atom is -0.466 e. The molecule has 2 rings (SSSR count). The Bertz CT molecular complexity index is 559. The Hall–Kier alpha value is -2.16. The summed E-state index contributed by atoms with van der Waals surface area (Å²) in [6, 6.07) is 12.2. The third kappa shape index (κ3) is 3.92. The van der Waals surface area contributed by atoms with Crippen LogP contribution in [0.4, 0.5) is 0 Å². The number of aryl methyl sites for hydroxylation is 2. The van der Waals surface area contributed by atoms with Crippen molar-refractivity contribution in [2.45, 2.75) is 26.7 Å². The van der Waals surface area contributed by atoms with Gasteiger partial charge in [0.15, 0.2) is 0 Å². The van der Waals surface area contributed by atoms with Crippen molar-refractivity contribution in [1.82, 2.24) is 4.98 Å². The molecule has 1 aromatic heterocycles. The highest BCUT2D eigenvalue weighted by molar-refractivity contribution is 5.69. The van der Waals surface area contributed by atoms with E-state index in [2.05, 4.69) is 11.1 Å². The van der Waals surface area contributed by atoms with Crippen molar-refractivity contribution in [3.8, 4) is 11.3 Å². The summed E-state index contributed by atoms with van der Waals surface area (Å²) < 4.78 is 4.92. The van der Waals surface area contributed by atoms with Crippen molar-refractivity contribution >= 4 is 5.97 Å². The SMILES string of the molecule is CCOC(=O)CCc1ccc(-c2ccc(C)cn2)cc1. The molecule has 3 heteroatoms. The van der Waals surface area contributed by atoms with Crippen LogP contribution >= 0.6 is 0 Å². The Kier molecular flexibility index (Phi) is 4.88. The average molecular weight is 269 g/mol. The van der Waals surface area contributed by atoms with E-state index < -0.39 is 0 Å². The Morgan fingerprint density at radius 3 is 2.50 bits per heavy atom. The number of carbonyl (C=O) groups is 1. The van der Waals surface area contributed by atoms with Crippen molar-refractivity contribution in [3.05, 3.63) is 53.7 Å². The van der Waals surface area contributed by atoms with Crippen LogP contribution in [-0.2, 0) is 16.0 Å². The molecule has 1 aromatic carbocycles. The third-order valence-electron chi connectivity index (χ3n) is 3.08. The van der Waals surface area contributed by atoms with E-state index in [0.717, 1.165) is 22.4 Å². The lowest BCUT2D eigenvalue weighted by Crippen LogP contribution is -2.05. The molecule has 0 N–H and O–H groups in total. The van der Waals surface area contributed by atoms with Crippen LogP contribution < -0.4 is 0 Å². The quantitative estimate of drug-likeness (QED) is 0.779. The fraction of sp³-hybridized carbons (Fsp3) is 0.294. The molecule has 20 heavy (non-hydrogen) atoms. The van der Waals surface area contributed by atoms with Crippen LogP contribution in [0.1, 0.15) is 24.5 Å². The van der Waals surface area contributed by atoms with Crippen LogP contribution in [0.3, 0.4) is 0 Å². The normalized spacial score (nSPS) is 10.3. The molecule has 0 fully saturated rings. The number of aromatic nitrogens is 1. The minimum atomic E-state index is -0.142. The fourth-order valence-electron chi connectivity index (χ4n) is 1.96. The van der Waals surface area contributed by atoms with Gasteiger partial charge in [0.1, 0.15) is 0 Å². The number of rotatable bonds is 5. The maximum atomic E-state index is 11.3. The lowest BCUT2D eigenvalue weighted by Gasteiger charge is -2.05. The molecule has 1 heterocycles. The predicted molar refractivity (Wildman–Crippen MR) is 79.4 cm³/mol. The summed E-state index contributed by atoms with van der Waals surface area (Å²) in [5, 5.41) is 0. The van der Waals surface area contributed by atoms with Gasteiger partial charge in [-0.3, -0.25) is 9.78 Å². The van der Waals surface area contributed by atoms with Crippen LogP contribution in [0.2, 0.25) is 0 Å². The zero-order valence-electron chi connectivity index (χ0n) is 11.9. The second-order valence-corrected chi connectivity index (χ2v) is 4.72. The van der Waals surface area contributed by atoms with Crippen molar-refractivity contribution in [1.29, 1.82) is 0 Å². The molecule has 3 nitrogen and oxygen atoms in total. The van der Waals surface area contributed by atoms with Gasteiger partial charge in [-0.25, -0.2) is 0 Å². The second-order valence-electron chi connectivity index (χ2n) is 4.72. The topological polar surface area (TPSA) is 39.2 Å². The first-order chi connectivity index (χ1) is 9.69. The van der Waals surface area contributed by atoms with Gasteiger partial charge in [0.2, 0.25) is 0 Å². The van der Waals surface area contributed by atoms with Crippen molar-refractivity contribution in [2.24, 2.45) is 0 Å². The van der Waals surface area contributed by atoms with E-state index in [1.807, 2.05) is 50.4 Å². The lowest BCUT2D eigenvalue weighted by atomic mass is 10.1. The predicted octanol–water partition coefficient (Wildman–Crippen LogP) is 3.55. The van der Waals surface area contributed by atoms with Crippen LogP contribution in [0.25, 0.3) is 11.3 Å². The van der Waals surface area contributed by atoms with Gasteiger partial charge < -0.3 is 4.74 Å². The summed E-state index contributed by atoms with van der Waals surface area (Å²) in [6.07, 6.45) is 3.00. The Morgan fingerprint density at radius 1 is 1.15 bits per heavy atom. The lowest BCUT2D eigenvalue weighted by molar-refractivity contribution is -0.143. The number of carbonyl (C=O) groups excluding carboxylic acids is 1. The number of ether oxygens (including phenoxy) is 1. The summed E-state index contributed by atoms with van der Waals surface area (Å²) in [5.74, 6) is -0.142. The van der Waals surface area contributed by atoms with Crippen LogP contribution in [0, 0.1) is 6.92 Å². The summed E-state index contributed by atoms with van der Waals surface area (Å²) in [4.78, 5) is 15.7. The summed E-state index contributed by atoms with van der Waals surface area (Å²) in [5.41, 5.74) is 4.34. The molecular formula is C17H19NO2. The van der Waals surface area contributed by atoms with Crippen LogP contribution in [0.15, 0.2) is 42.6 Å². The Morgan fingerprint density at radius 2 is 1.90 bits per heavy atom. The maximum absolute atomic E-state index is 11.3. The van der Waals surface area contributed by atoms with Gasteiger partial charge in [-0.05, 0) is 37.5 Å². The summed E-state index contributed by atoms with van der Waals surface area (Å²) >= 11 is 0. The van der Waals surface area contributed by atoms with E-state index in [9.17, 15) is 4.79 Å². The van der Waals surface area contributed by atoms with Gasteiger partial charge in [-0.15, -0.1) is 0 Å². The number of benzene rings is 1. The maximum Gasteiger partial charge on any atom is 0.306 e. The zero-order valence-corrected chi connectivity index (χ0v) is 11.9. The monoisotopic (exact) mass is 269 g/mol. The first kappa shape index (κ1) is 14.3. The van der Waals surface area contributed by atoms with Gasteiger partial charge in [-0.2, -0.15) is 0 Å². The van der Waals surface area contributed by atoms with E-state index in [0.29, 0.717) is 19.4 Å². The first-order valence-corrected chi connectivity index (χ1v) is 6.86. The van der Waals surface area contributed by atoms with Gasteiger partial charge in [0, 0.05) is 18.2 Å². The van der Waals surface area contributed by atoms with E-state index in [-0.39, 0.29) is 5.97 Å². The smallest absolute Gasteiger partial charge is 0.306 e. The van der Waals surface area contributed by atoms with Crippen molar-refractivity contribution < 1.29 is 9.53 Å². The average Bonchev–Trinajstić information content (AvgIpc) is 2.47. The molecular weight excluding hydrogens is 250 g/mol. The molecule has 0 aliphatic rings. The zero-order chi connectivity index (χ0) is 14.4. The molecule has 0 aliphatic heterocycles. The molecule has 2 aromatic rings. The van der Waals surface area contributed by atoms with Crippen molar-refractivity contribution in [2.75, 3.05) is 6.61 Å². The highest BCUT2D eigenvalue weighted by Crippen LogP contribution is 2.18. The van der Waals surface area contributed by atoms with E-state index in [4.69, 9.17) is 4.74 Å². The molecule has 104 valence electrons. The number of pyridine rings is 1. The standard InChI is InChI=1S/C17H19NO2/c1-3-20-17(19)11-7-14-5-8-15(9-6-14)16-10-4-13(2)12-18-16/h4-6,8-10,12H,3,7,11H2,1-2H3. The third-order valence-corrected chi connectivity index (χ3v) is 3.08. The van der Waals surface area contributed by atoms with Gasteiger partial charge in [0.05, 0.1) is 12.3 Å². The van der Waals surface area contributed by atoms with E-state index in [1.165, 1.54) is 0 Å². The fourth-order valence-corrected chi connectivity index (χ4v) is 1.96. The number of hydrogen-bond donors (Lipinski definition) is 0. The molecule has 0 spiro atoms. The highest BCUT2D eigenvalue weighted by Gasteiger charge is 2.03.